The van der Waals surface area contributed by atoms with E-state index in [0.29, 0.717) is 11.0 Å². The van der Waals surface area contributed by atoms with Gasteiger partial charge in [0.05, 0.1) is 35.0 Å². The lowest BCUT2D eigenvalue weighted by Crippen LogP contribution is -2.17. The number of nitrogens with one attached hydrogen (secondary N) is 3. The number of H-pyrrole nitrogens is 1. The third-order valence-corrected chi connectivity index (χ3v) is 4.97. The van der Waals surface area contributed by atoms with Crippen LogP contribution in [0.1, 0.15) is 31.8 Å². The van der Waals surface area contributed by atoms with Gasteiger partial charge >= 0.3 is 6.09 Å². The molecule has 34 heavy (non-hydrogen) atoms. The summed E-state index contributed by atoms with van der Waals surface area (Å²) in [4.78, 5) is 44.6. The van der Waals surface area contributed by atoms with Crippen molar-refractivity contribution in [2.24, 2.45) is 0 Å². The van der Waals surface area contributed by atoms with Gasteiger partial charge in [-0.25, -0.2) is 14.2 Å². The van der Waals surface area contributed by atoms with Crippen molar-refractivity contribution in [1.29, 1.82) is 0 Å². The van der Waals surface area contributed by atoms with Crippen LogP contribution in [0.5, 0.6) is 0 Å². The van der Waals surface area contributed by atoms with Crippen LogP contribution in [0.4, 0.5) is 20.8 Å². The second kappa shape index (κ2) is 9.26. The van der Waals surface area contributed by atoms with Crippen LogP contribution in [-0.4, -0.2) is 34.9 Å². The second-order valence-corrected chi connectivity index (χ2v) is 7.07. The Bertz CT molecular complexity index is 1490. The van der Waals surface area contributed by atoms with Gasteiger partial charge in [-0.2, -0.15) is 0 Å². The first kappa shape index (κ1) is 22.2. The van der Waals surface area contributed by atoms with Gasteiger partial charge in [0.1, 0.15) is 0 Å². The third kappa shape index (κ3) is 4.33. The van der Waals surface area contributed by atoms with E-state index >= 15 is 0 Å². The molecule has 0 aliphatic heterocycles. The first-order chi connectivity index (χ1) is 16.4. The molecule has 1 aromatic heterocycles. The summed E-state index contributed by atoms with van der Waals surface area (Å²) >= 11 is 0. The van der Waals surface area contributed by atoms with E-state index in [2.05, 4.69) is 31.3 Å². The van der Waals surface area contributed by atoms with Crippen LogP contribution in [0, 0.1) is 18.2 Å². The molecule has 3 aromatic carbocycles. The van der Waals surface area contributed by atoms with Crippen molar-refractivity contribution >= 4 is 40.5 Å². The van der Waals surface area contributed by atoms with E-state index in [1.54, 1.807) is 30.3 Å². The number of methoxy groups -OCH3 is 1. The summed E-state index contributed by atoms with van der Waals surface area (Å²) in [7, 11) is 1.22. The molecular weight excluding hydrogens is 439 g/mol. The van der Waals surface area contributed by atoms with Crippen LogP contribution in [0.2, 0.25) is 0 Å². The zero-order valence-corrected chi connectivity index (χ0v) is 17.8. The van der Waals surface area contributed by atoms with Gasteiger partial charge in [0.25, 0.3) is 5.91 Å². The molecule has 168 valence electrons. The Morgan fingerprint density at radius 3 is 2.53 bits per heavy atom. The number of imidazole rings is 1. The molecule has 4 rings (SSSR count). The molecule has 1 heterocycles. The minimum atomic E-state index is -0.733. The summed E-state index contributed by atoms with van der Waals surface area (Å²) < 4.78 is 19.0. The van der Waals surface area contributed by atoms with Crippen LogP contribution >= 0.6 is 0 Å². The molecule has 0 radical (unpaired) electrons. The molecule has 0 unspecified atom stereocenters. The number of fused-ring (bicyclic) bond motifs is 1. The number of halogens is 1. The molecule has 0 aliphatic carbocycles. The Balaban J connectivity index is 1.64. The van der Waals surface area contributed by atoms with E-state index in [1.165, 1.54) is 37.4 Å². The minimum Gasteiger partial charge on any atom is -0.453 e. The molecule has 4 aromatic rings. The fourth-order valence-electron chi connectivity index (χ4n) is 3.32. The monoisotopic (exact) mass is 456 g/mol. The number of nitrogens with zero attached hydrogens (tertiary/aromatic N) is 1. The number of aromatic amines is 1. The highest BCUT2D eigenvalue weighted by Crippen LogP contribution is 2.22. The van der Waals surface area contributed by atoms with Crippen molar-refractivity contribution < 1.29 is 23.5 Å². The van der Waals surface area contributed by atoms with Crippen LogP contribution < -0.4 is 10.6 Å². The number of terminal acetylenes is 1. The number of carbonyl (C=O) groups is 3. The Kier molecular flexibility index (Phi) is 6.05. The summed E-state index contributed by atoms with van der Waals surface area (Å²) in [5.41, 5.74) is 1.39. The number of hydrogen-bond acceptors (Lipinski definition) is 5. The van der Waals surface area contributed by atoms with Crippen LogP contribution in [0.25, 0.3) is 11.0 Å². The van der Waals surface area contributed by atoms with Crippen molar-refractivity contribution in [3.63, 3.8) is 0 Å². The SMILES string of the molecule is C#Cc1cccc(NC(=O)c2ccccc2C(=O)c2ccc3nc(NC(=O)OC)[nH]c3c2)c1F. The number of hydrogen-bond donors (Lipinski definition) is 3. The maximum absolute atomic E-state index is 14.5. The van der Waals surface area contributed by atoms with Crippen LogP contribution in [0.3, 0.4) is 0 Å². The number of benzene rings is 3. The lowest BCUT2D eigenvalue weighted by Gasteiger charge is -2.11. The molecule has 9 heteroatoms. The Labute approximate surface area is 193 Å². The van der Waals surface area contributed by atoms with Crippen molar-refractivity contribution in [1.82, 2.24) is 9.97 Å². The van der Waals surface area contributed by atoms with Gasteiger partial charge in [0, 0.05) is 11.1 Å². The average molecular weight is 456 g/mol. The van der Waals surface area contributed by atoms with Gasteiger partial charge in [0.15, 0.2) is 11.6 Å². The number of ether oxygens (including phenoxy) is 1. The summed E-state index contributed by atoms with van der Waals surface area (Å²) in [5.74, 6) is 0.542. The lowest BCUT2D eigenvalue weighted by molar-refractivity contribution is 0.0996. The predicted molar refractivity (Wildman–Crippen MR) is 124 cm³/mol. The highest BCUT2D eigenvalue weighted by Gasteiger charge is 2.20. The fraction of sp³-hybridized carbons (Fsp3) is 0.0400. The summed E-state index contributed by atoms with van der Waals surface area (Å²) in [6.45, 7) is 0. The molecule has 0 saturated carbocycles. The van der Waals surface area contributed by atoms with E-state index < -0.39 is 23.6 Å². The fourth-order valence-corrected chi connectivity index (χ4v) is 3.32. The van der Waals surface area contributed by atoms with Gasteiger partial charge in [-0.15, -0.1) is 6.42 Å². The summed E-state index contributed by atoms with van der Waals surface area (Å²) in [6, 6.07) is 15.2. The highest BCUT2D eigenvalue weighted by atomic mass is 19.1. The average Bonchev–Trinajstić information content (AvgIpc) is 3.26. The number of aromatic nitrogens is 2. The molecule has 0 fully saturated rings. The highest BCUT2D eigenvalue weighted by molar-refractivity contribution is 6.18. The molecule has 0 spiro atoms. The number of ketones is 1. The zero-order chi connectivity index (χ0) is 24.2. The van der Waals surface area contributed by atoms with Gasteiger partial charge in [0.2, 0.25) is 5.95 Å². The van der Waals surface area contributed by atoms with Crippen molar-refractivity contribution in [2.45, 2.75) is 0 Å². The van der Waals surface area contributed by atoms with E-state index in [1.807, 2.05) is 0 Å². The smallest absolute Gasteiger partial charge is 0.413 e. The van der Waals surface area contributed by atoms with Gasteiger partial charge in [-0.05, 0) is 36.4 Å². The van der Waals surface area contributed by atoms with Crippen LogP contribution in [0.15, 0.2) is 60.7 Å². The molecular formula is C25H17FN4O4. The number of anilines is 2. The molecule has 0 atom stereocenters. The summed E-state index contributed by atoms with van der Waals surface area (Å²) in [6.07, 6.45) is 4.59. The van der Waals surface area contributed by atoms with E-state index in [0.717, 1.165) is 0 Å². The van der Waals surface area contributed by atoms with Gasteiger partial charge < -0.3 is 15.0 Å². The number of rotatable bonds is 5. The number of amides is 2. The van der Waals surface area contributed by atoms with Crippen molar-refractivity contribution in [2.75, 3.05) is 17.7 Å². The molecule has 0 aliphatic rings. The Morgan fingerprint density at radius 1 is 1.03 bits per heavy atom. The van der Waals surface area contributed by atoms with Crippen molar-refractivity contribution in [3.05, 3.63) is 88.7 Å². The summed E-state index contributed by atoms with van der Waals surface area (Å²) in [5, 5.41) is 4.89. The van der Waals surface area contributed by atoms with E-state index in [9.17, 15) is 18.8 Å². The Hall–Kier alpha value is -4.97. The third-order valence-electron chi connectivity index (χ3n) is 4.97. The number of carbonyl (C=O) groups excluding carboxylic acids is 3. The van der Waals surface area contributed by atoms with Gasteiger partial charge in [-0.1, -0.05) is 30.2 Å². The topological polar surface area (TPSA) is 113 Å². The standard InChI is InChI=1S/C25H17FN4O4/c1-3-14-7-6-10-19(21(14)26)27-23(32)17-9-5-4-8-16(17)22(31)15-11-12-18-20(13-15)29-24(28-18)30-25(33)34-2/h1,4-13H,2H3,(H,27,32)(H2,28,29,30,33). The maximum Gasteiger partial charge on any atom is 0.413 e. The largest absolute Gasteiger partial charge is 0.453 e. The zero-order valence-electron chi connectivity index (χ0n) is 17.8. The lowest BCUT2D eigenvalue weighted by atomic mass is 9.97. The van der Waals surface area contributed by atoms with Crippen LogP contribution in [-0.2, 0) is 4.74 Å². The molecule has 2 amide bonds. The first-order valence-electron chi connectivity index (χ1n) is 9.96. The molecule has 8 nitrogen and oxygen atoms in total. The maximum atomic E-state index is 14.5. The molecule has 3 N–H and O–H groups in total. The predicted octanol–water partition coefficient (Wildman–Crippen LogP) is 4.34. The first-order valence-corrected chi connectivity index (χ1v) is 9.96. The normalized spacial score (nSPS) is 10.4. The van der Waals surface area contributed by atoms with E-state index in [4.69, 9.17) is 6.42 Å². The molecule has 0 saturated heterocycles. The minimum absolute atomic E-state index is 0.0103. The second-order valence-electron chi connectivity index (χ2n) is 7.07. The quantitative estimate of drug-likeness (QED) is 0.305. The van der Waals surface area contributed by atoms with Gasteiger partial charge in [-0.3, -0.25) is 14.9 Å². The Morgan fingerprint density at radius 2 is 1.79 bits per heavy atom. The molecule has 0 bridgehead atoms. The van der Waals surface area contributed by atoms with E-state index in [-0.39, 0.29) is 33.9 Å². The van der Waals surface area contributed by atoms with Crippen molar-refractivity contribution in [3.8, 4) is 12.3 Å².